The molecule has 0 unspecified atom stereocenters. The van der Waals surface area contributed by atoms with Crippen molar-refractivity contribution in [1.82, 2.24) is 16.0 Å². The Labute approximate surface area is 142 Å². The third kappa shape index (κ3) is 6.64. The fraction of sp³-hybridized carbons (Fsp3) is 0.389. The van der Waals surface area contributed by atoms with E-state index in [0.717, 1.165) is 18.1 Å². The second-order valence-corrected chi connectivity index (χ2v) is 5.48. The molecule has 3 N–H and O–H groups in total. The Kier molecular flexibility index (Phi) is 8.25. The van der Waals surface area contributed by atoms with Gasteiger partial charge in [0.05, 0.1) is 0 Å². The lowest BCUT2D eigenvalue weighted by molar-refractivity contribution is -0.131. The van der Waals surface area contributed by atoms with E-state index in [4.69, 9.17) is 0 Å². The second-order valence-electron chi connectivity index (χ2n) is 5.48. The van der Waals surface area contributed by atoms with Crippen LogP contribution in [0.25, 0.3) is 0 Å². The molecule has 0 aromatic heterocycles. The maximum absolute atomic E-state index is 12.3. The van der Waals surface area contributed by atoms with Crippen LogP contribution in [0.3, 0.4) is 0 Å². The van der Waals surface area contributed by atoms with Gasteiger partial charge in [-0.15, -0.1) is 0 Å². The van der Waals surface area contributed by atoms with E-state index in [1.54, 1.807) is 6.92 Å². The van der Waals surface area contributed by atoms with Gasteiger partial charge in [0.25, 0.3) is 0 Å². The van der Waals surface area contributed by atoms with Crippen LogP contribution in [0.1, 0.15) is 25.8 Å². The molecule has 0 spiro atoms. The summed E-state index contributed by atoms with van der Waals surface area (Å²) in [6.45, 7) is 7.40. The largest absolute Gasteiger partial charge is 0.354 e. The first-order valence-electron chi connectivity index (χ1n) is 8.02. The Hall–Kier alpha value is -2.63. The molecule has 0 saturated carbocycles. The first-order chi connectivity index (χ1) is 11.5. The monoisotopic (exact) mass is 331 g/mol. The number of carbonyl (C=O) groups excluding carboxylic acids is 3. The molecule has 0 bridgehead atoms. The lowest BCUT2D eigenvalue weighted by Crippen LogP contribution is -2.53. The van der Waals surface area contributed by atoms with E-state index >= 15 is 0 Å². The summed E-state index contributed by atoms with van der Waals surface area (Å²) in [6, 6.07) is 7.99. The Morgan fingerprint density at radius 1 is 1.12 bits per heavy atom. The highest BCUT2D eigenvalue weighted by Gasteiger charge is 2.24. The summed E-state index contributed by atoms with van der Waals surface area (Å²) >= 11 is 0. The van der Waals surface area contributed by atoms with Crippen LogP contribution in [-0.2, 0) is 20.8 Å². The second kappa shape index (κ2) is 10.2. The minimum Gasteiger partial charge on any atom is -0.354 e. The topological polar surface area (TPSA) is 87.3 Å². The summed E-state index contributed by atoms with van der Waals surface area (Å²) in [5, 5.41) is 7.98. The minimum absolute atomic E-state index is 0.240. The van der Waals surface area contributed by atoms with E-state index in [9.17, 15) is 14.4 Å². The number of rotatable bonds is 9. The Balaban J connectivity index is 2.76. The normalized spacial score (nSPS) is 12.6. The van der Waals surface area contributed by atoms with Crippen LogP contribution in [0.2, 0.25) is 0 Å². The van der Waals surface area contributed by atoms with Crippen molar-refractivity contribution in [2.24, 2.45) is 0 Å². The Bertz CT molecular complexity index is 572. The molecule has 6 nitrogen and oxygen atoms in total. The van der Waals surface area contributed by atoms with Crippen LogP contribution < -0.4 is 16.0 Å². The number of benzene rings is 1. The predicted octanol–water partition coefficient (Wildman–Crippen LogP) is 0.931. The molecule has 2 atom stereocenters. The third-order valence-electron chi connectivity index (χ3n) is 3.40. The van der Waals surface area contributed by atoms with Gasteiger partial charge in [0.2, 0.25) is 17.7 Å². The van der Waals surface area contributed by atoms with Gasteiger partial charge in [-0.25, -0.2) is 0 Å². The summed E-state index contributed by atoms with van der Waals surface area (Å²) in [6.07, 6.45) is 2.28. The van der Waals surface area contributed by atoms with Crippen LogP contribution in [0.5, 0.6) is 0 Å². The van der Waals surface area contributed by atoms with Crippen LogP contribution in [0.15, 0.2) is 43.0 Å². The summed E-state index contributed by atoms with van der Waals surface area (Å²) in [5.41, 5.74) is 0.942. The molecule has 0 aliphatic heterocycles. The lowest BCUT2D eigenvalue weighted by Gasteiger charge is -2.21. The molecular formula is C18H25N3O3. The SMILES string of the molecule is C=CC(=O)N[C@@H](C)C(=O)N[C@@H](Cc1ccccc1)C(=O)NCCC. The van der Waals surface area contributed by atoms with Gasteiger partial charge >= 0.3 is 0 Å². The van der Waals surface area contributed by atoms with Crippen LogP contribution in [0, 0.1) is 0 Å². The van der Waals surface area contributed by atoms with Gasteiger partial charge in [-0.2, -0.15) is 0 Å². The Morgan fingerprint density at radius 2 is 1.79 bits per heavy atom. The van der Waals surface area contributed by atoms with Crippen molar-refractivity contribution in [3.05, 3.63) is 48.6 Å². The lowest BCUT2D eigenvalue weighted by atomic mass is 10.0. The summed E-state index contributed by atoms with van der Waals surface area (Å²) in [5.74, 6) is -1.10. The van der Waals surface area contributed by atoms with Crippen LogP contribution in [-0.4, -0.2) is 36.3 Å². The van der Waals surface area contributed by atoms with E-state index in [2.05, 4.69) is 22.5 Å². The molecule has 130 valence electrons. The van der Waals surface area contributed by atoms with E-state index in [1.165, 1.54) is 0 Å². The van der Waals surface area contributed by atoms with E-state index in [-0.39, 0.29) is 5.91 Å². The van der Waals surface area contributed by atoms with Crippen molar-refractivity contribution in [1.29, 1.82) is 0 Å². The summed E-state index contributed by atoms with van der Waals surface area (Å²) < 4.78 is 0. The first kappa shape index (κ1) is 19.4. The van der Waals surface area contributed by atoms with Gasteiger partial charge in [0, 0.05) is 13.0 Å². The highest BCUT2D eigenvalue weighted by molar-refractivity contribution is 5.94. The summed E-state index contributed by atoms with van der Waals surface area (Å²) in [7, 11) is 0. The molecule has 6 heteroatoms. The van der Waals surface area contributed by atoms with Gasteiger partial charge in [-0.3, -0.25) is 14.4 Å². The zero-order valence-corrected chi connectivity index (χ0v) is 14.2. The van der Waals surface area contributed by atoms with E-state index in [0.29, 0.717) is 13.0 Å². The molecule has 0 fully saturated rings. The zero-order valence-electron chi connectivity index (χ0n) is 14.2. The highest BCUT2D eigenvalue weighted by Crippen LogP contribution is 2.04. The molecule has 1 aromatic rings. The molecule has 0 aliphatic carbocycles. The molecular weight excluding hydrogens is 306 g/mol. The van der Waals surface area contributed by atoms with Crippen molar-refractivity contribution >= 4 is 17.7 Å². The van der Waals surface area contributed by atoms with Crippen molar-refractivity contribution in [3.8, 4) is 0 Å². The fourth-order valence-corrected chi connectivity index (χ4v) is 2.07. The average Bonchev–Trinajstić information content (AvgIpc) is 2.59. The van der Waals surface area contributed by atoms with Crippen molar-refractivity contribution in [2.75, 3.05) is 6.54 Å². The van der Waals surface area contributed by atoms with Gasteiger partial charge < -0.3 is 16.0 Å². The molecule has 24 heavy (non-hydrogen) atoms. The van der Waals surface area contributed by atoms with Crippen LogP contribution in [0.4, 0.5) is 0 Å². The van der Waals surface area contributed by atoms with Gasteiger partial charge in [0.15, 0.2) is 0 Å². The van der Waals surface area contributed by atoms with Crippen LogP contribution >= 0.6 is 0 Å². The average molecular weight is 331 g/mol. The minimum atomic E-state index is -0.757. The van der Waals surface area contributed by atoms with Crippen molar-refractivity contribution < 1.29 is 14.4 Å². The molecule has 0 saturated heterocycles. The number of hydrogen-bond acceptors (Lipinski definition) is 3. The summed E-state index contributed by atoms with van der Waals surface area (Å²) in [4.78, 5) is 35.8. The van der Waals surface area contributed by atoms with E-state index < -0.39 is 23.9 Å². The smallest absolute Gasteiger partial charge is 0.244 e. The number of hydrogen-bond donors (Lipinski definition) is 3. The van der Waals surface area contributed by atoms with Crippen molar-refractivity contribution in [2.45, 2.75) is 38.8 Å². The number of carbonyl (C=O) groups is 3. The highest BCUT2D eigenvalue weighted by atomic mass is 16.2. The maximum Gasteiger partial charge on any atom is 0.244 e. The zero-order chi connectivity index (χ0) is 17.9. The molecule has 0 aliphatic rings. The quantitative estimate of drug-likeness (QED) is 0.588. The first-order valence-corrected chi connectivity index (χ1v) is 8.02. The van der Waals surface area contributed by atoms with Gasteiger partial charge in [-0.1, -0.05) is 43.8 Å². The number of nitrogens with one attached hydrogen (secondary N) is 3. The Morgan fingerprint density at radius 3 is 2.38 bits per heavy atom. The van der Waals surface area contributed by atoms with Gasteiger partial charge in [0.1, 0.15) is 12.1 Å². The molecule has 0 heterocycles. The molecule has 1 rings (SSSR count). The standard InChI is InChI=1S/C18H25N3O3/c1-4-11-19-18(24)15(12-14-9-7-6-8-10-14)21-17(23)13(3)20-16(22)5-2/h5-10,13,15H,2,4,11-12H2,1,3H3,(H,19,24)(H,20,22)(H,21,23)/t13-,15-/m0/s1. The maximum atomic E-state index is 12.3. The molecule has 1 aromatic carbocycles. The molecule has 0 radical (unpaired) electrons. The predicted molar refractivity (Wildman–Crippen MR) is 93.2 cm³/mol. The van der Waals surface area contributed by atoms with E-state index in [1.807, 2.05) is 37.3 Å². The van der Waals surface area contributed by atoms with Gasteiger partial charge in [-0.05, 0) is 25.0 Å². The molecule has 3 amide bonds. The third-order valence-corrected chi connectivity index (χ3v) is 3.40. The van der Waals surface area contributed by atoms with Crippen molar-refractivity contribution in [3.63, 3.8) is 0 Å². The fourth-order valence-electron chi connectivity index (χ4n) is 2.07. The number of amides is 3.